The molecule has 0 aromatic carbocycles. The molecule has 1 fully saturated rings. The van der Waals surface area contributed by atoms with Crippen molar-refractivity contribution in [1.82, 2.24) is 5.32 Å². The molecule has 0 spiro atoms. The Bertz CT molecular complexity index is 179. The Morgan fingerprint density at radius 1 is 1.75 bits per heavy atom. The highest BCUT2D eigenvalue weighted by atomic mass is 16.5. The lowest BCUT2D eigenvalue weighted by atomic mass is 10.2. The van der Waals surface area contributed by atoms with Crippen molar-refractivity contribution in [3.63, 3.8) is 0 Å². The first-order chi connectivity index (χ1) is 5.77. The van der Waals surface area contributed by atoms with E-state index in [1.54, 1.807) is 0 Å². The van der Waals surface area contributed by atoms with Gasteiger partial charge in [0.05, 0.1) is 6.61 Å². The van der Waals surface area contributed by atoms with Gasteiger partial charge >= 0.3 is 5.97 Å². The molecule has 68 valence electrons. The molecule has 1 rings (SSSR count). The van der Waals surface area contributed by atoms with Gasteiger partial charge in [0.15, 0.2) is 0 Å². The number of hydrogen-bond acceptors (Lipinski definition) is 3. The summed E-state index contributed by atoms with van der Waals surface area (Å²) in [4.78, 5) is 11.2. The standard InChI is InChI=1S/C9H15NO2/c1-3-7-5-6-8(10-7)9(11)12-4-2/h3,7-8,10H,1,4-6H2,2H3/t7-,8-/m0/s1. The molecule has 0 aromatic rings. The van der Waals surface area contributed by atoms with E-state index >= 15 is 0 Å². The highest BCUT2D eigenvalue weighted by molar-refractivity contribution is 5.76. The average molecular weight is 169 g/mol. The topological polar surface area (TPSA) is 38.3 Å². The quantitative estimate of drug-likeness (QED) is 0.503. The van der Waals surface area contributed by atoms with Crippen molar-refractivity contribution >= 4 is 5.97 Å². The van der Waals surface area contributed by atoms with Gasteiger partial charge in [0.2, 0.25) is 0 Å². The summed E-state index contributed by atoms with van der Waals surface area (Å²) in [5, 5.41) is 3.13. The molecule has 3 heteroatoms. The van der Waals surface area contributed by atoms with Crippen LogP contribution in [0.1, 0.15) is 19.8 Å². The summed E-state index contributed by atoms with van der Waals surface area (Å²) in [6.07, 6.45) is 3.67. The van der Waals surface area contributed by atoms with Crippen LogP contribution in [0.25, 0.3) is 0 Å². The van der Waals surface area contributed by atoms with Crippen LogP contribution < -0.4 is 5.32 Å². The molecular weight excluding hydrogens is 154 g/mol. The highest BCUT2D eigenvalue weighted by Crippen LogP contribution is 2.13. The maximum atomic E-state index is 11.2. The number of rotatable bonds is 3. The van der Waals surface area contributed by atoms with Gasteiger partial charge in [0.25, 0.3) is 0 Å². The second kappa shape index (κ2) is 4.26. The Morgan fingerprint density at radius 3 is 3.00 bits per heavy atom. The van der Waals surface area contributed by atoms with E-state index < -0.39 is 0 Å². The zero-order chi connectivity index (χ0) is 8.97. The van der Waals surface area contributed by atoms with Crippen LogP contribution in [0.4, 0.5) is 0 Å². The van der Waals surface area contributed by atoms with Crippen LogP contribution in [0.5, 0.6) is 0 Å². The average Bonchev–Trinajstić information content (AvgIpc) is 2.52. The molecule has 1 heterocycles. The number of esters is 1. The number of carbonyl (C=O) groups is 1. The highest BCUT2D eigenvalue weighted by Gasteiger charge is 2.27. The predicted octanol–water partition coefficient (Wildman–Crippen LogP) is 0.856. The molecule has 0 radical (unpaired) electrons. The Hall–Kier alpha value is -0.830. The molecule has 0 aromatic heterocycles. The number of nitrogens with one attached hydrogen (secondary N) is 1. The molecular formula is C9H15NO2. The van der Waals surface area contributed by atoms with E-state index in [9.17, 15) is 4.79 Å². The van der Waals surface area contributed by atoms with Gasteiger partial charge in [-0.2, -0.15) is 0 Å². The summed E-state index contributed by atoms with van der Waals surface area (Å²) in [6, 6.07) is 0.160. The van der Waals surface area contributed by atoms with Crippen molar-refractivity contribution in [2.75, 3.05) is 6.61 Å². The third-order valence-corrected chi connectivity index (χ3v) is 2.04. The Labute approximate surface area is 72.8 Å². The molecule has 0 bridgehead atoms. The van der Waals surface area contributed by atoms with Gasteiger partial charge in [-0.15, -0.1) is 6.58 Å². The smallest absolute Gasteiger partial charge is 0.323 e. The van der Waals surface area contributed by atoms with Crippen molar-refractivity contribution in [3.05, 3.63) is 12.7 Å². The van der Waals surface area contributed by atoms with E-state index in [4.69, 9.17) is 4.74 Å². The normalized spacial score (nSPS) is 28.4. The minimum Gasteiger partial charge on any atom is -0.465 e. The van der Waals surface area contributed by atoms with E-state index in [1.807, 2.05) is 13.0 Å². The van der Waals surface area contributed by atoms with Crippen LogP contribution in [0.2, 0.25) is 0 Å². The fourth-order valence-electron chi connectivity index (χ4n) is 1.39. The van der Waals surface area contributed by atoms with E-state index in [1.165, 1.54) is 0 Å². The Kier molecular flexibility index (Phi) is 3.29. The van der Waals surface area contributed by atoms with Crippen LogP contribution in [0.15, 0.2) is 12.7 Å². The molecule has 0 saturated carbocycles. The third kappa shape index (κ3) is 2.08. The monoisotopic (exact) mass is 169 g/mol. The summed E-state index contributed by atoms with van der Waals surface area (Å²) in [6.45, 7) is 5.94. The van der Waals surface area contributed by atoms with Crippen molar-refractivity contribution in [2.45, 2.75) is 31.8 Å². The molecule has 1 aliphatic rings. The van der Waals surface area contributed by atoms with E-state index in [0.29, 0.717) is 6.61 Å². The molecule has 0 amide bonds. The minimum absolute atomic E-state index is 0.118. The summed E-state index contributed by atoms with van der Waals surface area (Å²) in [7, 11) is 0. The molecule has 1 saturated heterocycles. The van der Waals surface area contributed by atoms with E-state index in [0.717, 1.165) is 12.8 Å². The SMILES string of the molecule is C=C[C@H]1CC[C@@H](C(=O)OCC)N1. The van der Waals surface area contributed by atoms with Crippen LogP contribution >= 0.6 is 0 Å². The molecule has 0 aliphatic carbocycles. The number of hydrogen-bond donors (Lipinski definition) is 1. The lowest BCUT2D eigenvalue weighted by molar-refractivity contribution is -0.145. The zero-order valence-corrected chi connectivity index (χ0v) is 7.38. The van der Waals surface area contributed by atoms with Gasteiger partial charge in [-0.3, -0.25) is 10.1 Å². The lowest BCUT2D eigenvalue weighted by Gasteiger charge is -2.09. The summed E-state index contributed by atoms with van der Waals surface area (Å²) < 4.78 is 4.88. The molecule has 12 heavy (non-hydrogen) atoms. The van der Waals surface area contributed by atoms with Crippen LogP contribution in [0, 0.1) is 0 Å². The fraction of sp³-hybridized carbons (Fsp3) is 0.667. The lowest BCUT2D eigenvalue weighted by Crippen LogP contribution is -2.35. The fourth-order valence-corrected chi connectivity index (χ4v) is 1.39. The summed E-state index contributed by atoms with van der Waals surface area (Å²) in [5.41, 5.74) is 0. The molecule has 1 N–H and O–H groups in total. The second-order valence-electron chi connectivity index (χ2n) is 2.89. The maximum Gasteiger partial charge on any atom is 0.323 e. The number of carbonyl (C=O) groups excluding carboxylic acids is 1. The van der Waals surface area contributed by atoms with Crippen molar-refractivity contribution in [3.8, 4) is 0 Å². The van der Waals surface area contributed by atoms with E-state index in [-0.39, 0.29) is 18.1 Å². The predicted molar refractivity (Wildman–Crippen MR) is 46.8 cm³/mol. The molecule has 0 unspecified atom stereocenters. The van der Waals surface area contributed by atoms with E-state index in [2.05, 4.69) is 11.9 Å². The molecule has 2 atom stereocenters. The van der Waals surface area contributed by atoms with Gasteiger partial charge in [0, 0.05) is 6.04 Å². The maximum absolute atomic E-state index is 11.2. The van der Waals surface area contributed by atoms with Gasteiger partial charge in [-0.1, -0.05) is 6.08 Å². The third-order valence-electron chi connectivity index (χ3n) is 2.04. The van der Waals surface area contributed by atoms with Gasteiger partial charge in [0.1, 0.15) is 6.04 Å². The second-order valence-corrected chi connectivity index (χ2v) is 2.89. The summed E-state index contributed by atoms with van der Waals surface area (Å²) in [5.74, 6) is -0.137. The Morgan fingerprint density at radius 2 is 2.50 bits per heavy atom. The molecule has 3 nitrogen and oxygen atoms in total. The Balaban J connectivity index is 2.35. The van der Waals surface area contributed by atoms with Gasteiger partial charge in [-0.05, 0) is 19.8 Å². The largest absolute Gasteiger partial charge is 0.465 e. The van der Waals surface area contributed by atoms with Crippen LogP contribution in [-0.2, 0) is 9.53 Å². The molecule has 1 aliphatic heterocycles. The van der Waals surface area contributed by atoms with Crippen molar-refractivity contribution in [2.24, 2.45) is 0 Å². The van der Waals surface area contributed by atoms with Gasteiger partial charge in [-0.25, -0.2) is 0 Å². The first-order valence-corrected chi connectivity index (χ1v) is 4.33. The number of ether oxygens (including phenoxy) is 1. The van der Waals surface area contributed by atoms with Gasteiger partial charge < -0.3 is 4.74 Å². The van der Waals surface area contributed by atoms with Crippen molar-refractivity contribution in [1.29, 1.82) is 0 Å². The first-order valence-electron chi connectivity index (χ1n) is 4.33. The zero-order valence-electron chi connectivity index (χ0n) is 7.38. The first kappa shape index (κ1) is 9.26. The minimum atomic E-state index is -0.137. The van der Waals surface area contributed by atoms with Crippen LogP contribution in [0.3, 0.4) is 0 Å². The van der Waals surface area contributed by atoms with Crippen LogP contribution in [-0.4, -0.2) is 24.7 Å². The van der Waals surface area contributed by atoms with Crippen molar-refractivity contribution < 1.29 is 9.53 Å². The summed E-state index contributed by atoms with van der Waals surface area (Å²) >= 11 is 0.